The summed E-state index contributed by atoms with van der Waals surface area (Å²) >= 11 is 29.7. The van der Waals surface area contributed by atoms with Crippen molar-refractivity contribution in [1.82, 2.24) is 5.32 Å². The molecule has 25 heavy (non-hydrogen) atoms. The molecule has 0 radical (unpaired) electrons. The molecule has 0 fully saturated rings. The zero-order chi connectivity index (χ0) is 18.2. The first-order valence-electron chi connectivity index (χ1n) is 6.69. The number of hydrogen-bond acceptors (Lipinski definition) is 4. The van der Waals surface area contributed by atoms with Gasteiger partial charge in [0.15, 0.2) is 11.5 Å². The first kappa shape index (κ1) is 18.5. The summed E-state index contributed by atoms with van der Waals surface area (Å²) < 4.78 is 14.0. The Bertz CT molecular complexity index is 779. The Balaban J connectivity index is 1.85. The fraction of sp³-hybridized carbons (Fsp3) is 0.133. The van der Waals surface area contributed by atoms with E-state index >= 15 is 0 Å². The number of fused-ring (bicyclic) bond motifs is 1. The summed E-state index contributed by atoms with van der Waals surface area (Å²) in [5.74, 6) is -1.61. The predicted molar refractivity (Wildman–Crippen MR) is 96.3 cm³/mol. The molecule has 5 nitrogen and oxygen atoms in total. The van der Waals surface area contributed by atoms with Crippen LogP contribution in [0.1, 0.15) is 0 Å². The van der Waals surface area contributed by atoms with Crippen LogP contribution in [0.25, 0.3) is 0 Å². The van der Waals surface area contributed by atoms with Gasteiger partial charge in [-0.05, 0) is 12.1 Å². The number of carbonyl (C=O) groups excluding carboxylic acids is 1. The molecule has 0 spiro atoms. The van der Waals surface area contributed by atoms with Crippen molar-refractivity contribution in [3.05, 3.63) is 52.5 Å². The van der Waals surface area contributed by atoms with Crippen molar-refractivity contribution in [2.75, 3.05) is 0 Å². The summed E-state index contributed by atoms with van der Waals surface area (Å²) in [4.78, 5) is 12.2. The molecule has 2 aromatic carbocycles. The Hall–Kier alpha value is -1.24. The van der Waals surface area contributed by atoms with Crippen LogP contribution in [0.5, 0.6) is 17.2 Å². The molecule has 0 bridgehead atoms. The Labute approximate surface area is 167 Å². The number of carbonyl (C=O) groups is 1. The van der Waals surface area contributed by atoms with E-state index in [4.69, 9.17) is 72.2 Å². The minimum atomic E-state index is -2.21. The fourth-order valence-electron chi connectivity index (χ4n) is 1.99. The van der Waals surface area contributed by atoms with E-state index in [2.05, 4.69) is 5.32 Å². The standard InChI is InChI=1S/C15H8Cl5NO4/c16-9-6-11-12(7-10(9)17)25-15(24-11,14(18,19)20)21-13(22)23-8-4-2-1-3-5-8/h1-7H,(H,21,22). The van der Waals surface area contributed by atoms with Crippen molar-refractivity contribution in [3.8, 4) is 17.2 Å². The Morgan fingerprint density at radius 3 is 2.00 bits per heavy atom. The molecule has 132 valence electrons. The average Bonchev–Trinajstić information content (AvgIpc) is 2.86. The quantitative estimate of drug-likeness (QED) is 0.616. The van der Waals surface area contributed by atoms with Crippen LogP contribution in [0.3, 0.4) is 0 Å². The van der Waals surface area contributed by atoms with Crippen LogP contribution in [-0.4, -0.2) is 15.8 Å². The number of amides is 1. The lowest BCUT2D eigenvalue weighted by molar-refractivity contribution is -0.0964. The third kappa shape index (κ3) is 3.81. The minimum absolute atomic E-state index is 0.140. The van der Waals surface area contributed by atoms with E-state index < -0.39 is 15.8 Å². The second-order valence-electron chi connectivity index (χ2n) is 4.86. The highest BCUT2D eigenvalue weighted by Crippen LogP contribution is 2.50. The molecule has 0 saturated heterocycles. The van der Waals surface area contributed by atoms with Gasteiger partial charge in [-0.1, -0.05) is 76.2 Å². The summed E-state index contributed by atoms with van der Waals surface area (Å²) in [5.41, 5.74) is 0. The van der Waals surface area contributed by atoms with Crippen molar-refractivity contribution < 1.29 is 19.0 Å². The number of benzene rings is 2. The first-order valence-corrected chi connectivity index (χ1v) is 8.58. The zero-order valence-corrected chi connectivity index (χ0v) is 15.8. The van der Waals surface area contributed by atoms with Crippen molar-refractivity contribution >= 4 is 64.1 Å². The lowest BCUT2D eigenvalue weighted by Crippen LogP contribution is -2.64. The third-order valence-corrected chi connectivity index (χ3v) is 4.56. The second kappa shape index (κ2) is 6.82. The molecule has 1 heterocycles. The number of rotatable bonds is 2. The zero-order valence-electron chi connectivity index (χ0n) is 12.1. The first-order chi connectivity index (χ1) is 11.7. The van der Waals surface area contributed by atoms with Gasteiger partial charge in [-0.15, -0.1) is 0 Å². The van der Waals surface area contributed by atoms with E-state index in [1.54, 1.807) is 30.3 Å². The van der Waals surface area contributed by atoms with Crippen molar-refractivity contribution in [2.24, 2.45) is 0 Å². The molecule has 1 aliphatic rings. The lowest BCUT2D eigenvalue weighted by Gasteiger charge is -2.32. The van der Waals surface area contributed by atoms with E-state index in [0.29, 0.717) is 0 Å². The number of hydrogen-bond donors (Lipinski definition) is 1. The van der Waals surface area contributed by atoms with Crippen molar-refractivity contribution in [1.29, 1.82) is 0 Å². The smallest absolute Gasteiger partial charge is 0.418 e. The highest BCUT2D eigenvalue weighted by atomic mass is 35.6. The highest BCUT2D eigenvalue weighted by Gasteiger charge is 2.60. The van der Waals surface area contributed by atoms with Gasteiger partial charge in [0.25, 0.3) is 3.79 Å². The number of para-hydroxylation sites is 1. The molecule has 0 atom stereocenters. The maximum atomic E-state index is 12.2. The number of alkyl halides is 3. The molecule has 3 rings (SSSR count). The van der Waals surface area contributed by atoms with Crippen molar-refractivity contribution in [2.45, 2.75) is 9.70 Å². The molecule has 0 unspecified atom stereocenters. The predicted octanol–water partition coefficient (Wildman–Crippen LogP) is 5.58. The topological polar surface area (TPSA) is 56.8 Å². The van der Waals surface area contributed by atoms with E-state index in [9.17, 15) is 4.79 Å². The summed E-state index contributed by atoms with van der Waals surface area (Å²) in [6.07, 6.45) is -0.956. The van der Waals surface area contributed by atoms with Gasteiger partial charge >= 0.3 is 12.0 Å². The SMILES string of the molecule is O=C(NC1(C(Cl)(Cl)Cl)Oc2cc(Cl)c(Cl)cc2O1)Oc1ccccc1. The van der Waals surface area contributed by atoms with Gasteiger partial charge in [-0.25, -0.2) is 10.1 Å². The van der Waals surface area contributed by atoms with Gasteiger partial charge in [-0.2, -0.15) is 0 Å². The monoisotopic (exact) mass is 441 g/mol. The third-order valence-electron chi connectivity index (χ3n) is 3.09. The maximum absolute atomic E-state index is 12.2. The normalized spacial score (nSPS) is 14.9. The summed E-state index contributed by atoms with van der Waals surface area (Å²) in [5, 5.41) is 2.69. The molecule has 0 aliphatic carbocycles. The molecule has 1 N–H and O–H groups in total. The van der Waals surface area contributed by atoms with E-state index in [1.165, 1.54) is 12.1 Å². The fourth-order valence-corrected chi connectivity index (χ4v) is 2.67. The van der Waals surface area contributed by atoms with Crippen LogP contribution < -0.4 is 19.5 Å². The van der Waals surface area contributed by atoms with Crippen LogP contribution in [0, 0.1) is 0 Å². The van der Waals surface area contributed by atoms with E-state index in [-0.39, 0.29) is 27.3 Å². The van der Waals surface area contributed by atoms with Gasteiger partial charge in [0.05, 0.1) is 10.0 Å². The van der Waals surface area contributed by atoms with Gasteiger partial charge < -0.3 is 14.2 Å². The molecule has 1 amide bonds. The average molecular weight is 443 g/mol. The van der Waals surface area contributed by atoms with Gasteiger partial charge in [0.1, 0.15) is 5.75 Å². The maximum Gasteiger partial charge on any atom is 0.418 e. The summed E-state index contributed by atoms with van der Waals surface area (Å²) in [6.45, 7) is 0. The Morgan fingerprint density at radius 1 is 1.00 bits per heavy atom. The summed E-state index contributed by atoms with van der Waals surface area (Å²) in [7, 11) is 0. The van der Waals surface area contributed by atoms with Crippen molar-refractivity contribution in [3.63, 3.8) is 0 Å². The summed E-state index contributed by atoms with van der Waals surface area (Å²) in [6, 6.07) is 11.0. The lowest BCUT2D eigenvalue weighted by atomic mass is 10.3. The van der Waals surface area contributed by atoms with Crippen LogP contribution in [0.15, 0.2) is 42.5 Å². The number of ether oxygens (including phenoxy) is 3. The number of halogens is 5. The van der Waals surface area contributed by atoms with Crippen LogP contribution in [0.2, 0.25) is 10.0 Å². The molecule has 0 aromatic heterocycles. The molecule has 10 heteroatoms. The van der Waals surface area contributed by atoms with Gasteiger partial charge in [0.2, 0.25) is 0 Å². The van der Waals surface area contributed by atoms with Crippen LogP contribution in [-0.2, 0) is 0 Å². The largest absolute Gasteiger partial charge is 0.428 e. The molecule has 2 aromatic rings. The molecule has 0 saturated carbocycles. The Kier molecular flexibility index (Phi) is 5.06. The Morgan fingerprint density at radius 2 is 1.52 bits per heavy atom. The van der Waals surface area contributed by atoms with E-state index in [0.717, 1.165) is 0 Å². The van der Waals surface area contributed by atoms with E-state index in [1.807, 2.05) is 0 Å². The van der Waals surface area contributed by atoms with Gasteiger partial charge in [-0.3, -0.25) is 0 Å². The minimum Gasteiger partial charge on any atom is -0.428 e. The number of nitrogens with one attached hydrogen (secondary N) is 1. The second-order valence-corrected chi connectivity index (χ2v) is 7.95. The molecular weight excluding hydrogens is 435 g/mol. The van der Waals surface area contributed by atoms with Gasteiger partial charge in [0, 0.05) is 12.1 Å². The van der Waals surface area contributed by atoms with Crippen LogP contribution >= 0.6 is 58.0 Å². The highest BCUT2D eigenvalue weighted by molar-refractivity contribution is 6.68. The van der Waals surface area contributed by atoms with Crippen LogP contribution in [0.4, 0.5) is 4.79 Å². The molecular formula is C15H8Cl5NO4. The molecule has 1 aliphatic heterocycles.